The predicted molar refractivity (Wildman–Crippen MR) is 93.6 cm³/mol. The molecule has 2 unspecified atom stereocenters. The first kappa shape index (κ1) is 17.6. The van der Waals surface area contributed by atoms with Gasteiger partial charge in [0.25, 0.3) is 0 Å². The van der Waals surface area contributed by atoms with Gasteiger partial charge in [0.15, 0.2) is 0 Å². The molecule has 0 bridgehead atoms. The zero-order chi connectivity index (χ0) is 16.9. The van der Waals surface area contributed by atoms with Crippen molar-refractivity contribution < 1.29 is 9.90 Å². The van der Waals surface area contributed by atoms with E-state index in [0.717, 1.165) is 17.7 Å². The van der Waals surface area contributed by atoms with Crippen molar-refractivity contribution in [1.29, 1.82) is 0 Å². The van der Waals surface area contributed by atoms with E-state index in [9.17, 15) is 9.90 Å². The number of aryl methyl sites for hydroxylation is 2. The number of thiophene rings is 1. The monoisotopic (exact) mass is 335 g/mol. The first-order valence-corrected chi connectivity index (χ1v) is 8.67. The van der Waals surface area contributed by atoms with Gasteiger partial charge in [0, 0.05) is 29.9 Å². The third-order valence-corrected chi connectivity index (χ3v) is 5.03. The predicted octanol–water partition coefficient (Wildman–Crippen LogP) is 2.61. The van der Waals surface area contributed by atoms with Gasteiger partial charge >= 0.3 is 6.03 Å². The van der Waals surface area contributed by atoms with Gasteiger partial charge in [-0.25, -0.2) is 4.79 Å². The summed E-state index contributed by atoms with van der Waals surface area (Å²) in [4.78, 5) is 12.8. The number of nitrogens with one attached hydrogen (secondary N) is 2. The summed E-state index contributed by atoms with van der Waals surface area (Å²) in [7, 11) is 2.02. The molecule has 0 radical (unpaired) electrons. The highest BCUT2D eigenvalue weighted by Gasteiger charge is 2.25. The largest absolute Gasteiger partial charge is 0.383 e. The number of aliphatic hydroxyl groups is 1. The minimum atomic E-state index is -1.04. The van der Waals surface area contributed by atoms with Crippen molar-refractivity contribution in [2.45, 2.75) is 38.3 Å². The van der Waals surface area contributed by atoms with Crippen LogP contribution in [0.1, 0.15) is 30.8 Å². The Hall–Kier alpha value is -1.79. The highest BCUT2D eigenvalue weighted by molar-refractivity contribution is 7.10. The lowest BCUT2D eigenvalue weighted by molar-refractivity contribution is 0.0630. The van der Waals surface area contributed by atoms with E-state index in [4.69, 9.17) is 0 Å². The lowest BCUT2D eigenvalue weighted by atomic mass is 10.1. The Balaban J connectivity index is 1.73. The van der Waals surface area contributed by atoms with Gasteiger partial charge in [-0.15, -0.1) is 11.3 Å². The second kappa shape index (κ2) is 7.66. The smallest absolute Gasteiger partial charge is 0.315 e. The molecule has 2 aromatic heterocycles. The zero-order valence-electron chi connectivity index (χ0n) is 13.9. The second-order valence-electron chi connectivity index (χ2n) is 6.13. The average molecular weight is 335 g/mol. The van der Waals surface area contributed by atoms with Gasteiger partial charge in [0.05, 0.1) is 6.54 Å². The third kappa shape index (κ3) is 5.11. The summed E-state index contributed by atoms with van der Waals surface area (Å²) in [6.45, 7) is 3.88. The van der Waals surface area contributed by atoms with E-state index >= 15 is 0 Å². The zero-order valence-corrected chi connectivity index (χ0v) is 14.7. The van der Waals surface area contributed by atoms with Crippen LogP contribution in [0.4, 0.5) is 4.79 Å². The number of hydrogen-bond donors (Lipinski definition) is 3. The Morgan fingerprint density at radius 3 is 2.83 bits per heavy atom. The van der Waals surface area contributed by atoms with Crippen molar-refractivity contribution in [2.75, 3.05) is 6.54 Å². The van der Waals surface area contributed by atoms with Gasteiger partial charge in [-0.2, -0.15) is 0 Å². The molecule has 5 nitrogen and oxygen atoms in total. The van der Waals surface area contributed by atoms with Crippen molar-refractivity contribution in [3.63, 3.8) is 0 Å². The maximum Gasteiger partial charge on any atom is 0.315 e. The molecule has 0 aliphatic heterocycles. The van der Waals surface area contributed by atoms with E-state index in [-0.39, 0.29) is 18.6 Å². The lowest BCUT2D eigenvalue weighted by Gasteiger charge is -2.23. The van der Waals surface area contributed by atoms with Crippen LogP contribution in [0.15, 0.2) is 35.8 Å². The molecule has 0 aliphatic carbocycles. The van der Waals surface area contributed by atoms with E-state index in [0.29, 0.717) is 0 Å². The van der Waals surface area contributed by atoms with Crippen LogP contribution < -0.4 is 10.6 Å². The van der Waals surface area contributed by atoms with Crippen molar-refractivity contribution in [2.24, 2.45) is 7.05 Å². The molecule has 0 aliphatic rings. The summed E-state index contributed by atoms with van der Waals surface area (Å²) < 4.78 is 2.09. The molecule has 2 aromatic rings. The van der Waals surface area contributed by atoms with Crippen molar-refractivity contribution in [1.82, 2.24) is 15.2 Å². The SMILES string of the molecule is CC(CCc1cccn1C)NC(=O)NCC(C)(O)c1cccs1. The maximum absolute atomic E-state index is 12.0. The number of carbonyl (C=O) groups is 1. The van der Waals surface area contributed by atoms with Crippen LogP contribution >= 0.6 is 11.3 Å². The first-order chi connectivity index (χ1) is 10.9. The molecule has 0 saturated carbocycles. The Morgan fingerprint density at radius 2 is 2.22 bits per heavy atom. The van der Waals surface area contributed by atoms with Gasteiger partial charge in [-0.1, -0.05) is 6.07 Å². The molecule has 2 rings (SSSR count). The summed E-state index contributed by atoms with van der Waals surface area (Å²) in [5, 5.41) is 18.0. The van der Waals surface area contributed by atoms with Gasteiger partial charge in [-0.05, 0) is 50.3 Å². The number of urea groups is 1. The van der Waals surface area contributed by atoms with Crippen molar-refractivity contribution >= 4 is 17.4 Å². The van der Waals surface area contributed by atoms with Crippen LogP contribution in [-0.4, -0.2) is 28.3 Å². The molecular weight excluding hydrogens is 310 g/mol. The molecule has 0 saturated heterocycles. The van der Waals surface area contributed by atoms with Gasteiger partial charge in [-0.3, -0.25) is 0 Å². The van der Waals surface area contributed by atoms with Crippen molar-refractivity contribution in [3.05, 3.63) is 46.4 Å². The number of hydrogen-bond acceptors (Lipinski definition) is 3. The number of rotatable bonds is 7. The molecule has 6 heteroatoms. The summed E-state index contributed by atoms with van der Waals surface area (Å²) in [5.41, 5.74) is 0.206. The summed E-state index contributed by atoms with van der Waals surface area (Å²) in [5.74, 6) is 0. The molecule has 3 N–H and O–H groups in total. The second-order valence-corrected chi connectivity index (χ2v) is 7.08. The number of amides is 2. The Morgan fingerprint density at radius 1 is 1.43 bits per heavy atom. The molecule has 0 aromatic carbocycles. The van der Waals surface area contributed by atoms with Crippen LogP contribution in [-0.2, 0) is 19.1 Å². The Labute approximate surface area is 141 Å². The number of nitrogens with zero attached hydrogens (tertiary/aromatic N) is 1. The fraction of sp³-hybridized carbons (Fsp3) is 0.471. The Bertz CT molecular complexity index is 620. The minimum absolute atomic E-state index is 0.0663. The first-order valence-electron chi connectivity index (χ1n) is 7.79. The average Bonchev–Trinajstić information content (AvgIpc) is 3.15. The van der Waals surface area contributed by atoms with Crippen LogP contribution in [0, 0.1) is 0 Å². The molecule has 23 heavy (non-hydrogen) atoms. The van der Waals surface area contributed by atoms with Crippen molar-refractivity contribution in [3.8, 4) is 0 Å². The number of aromatic nitrogens is 1. The van der Waals surface area contributed by atoms with Gasteiger partial charge in [0.2, 0.25) is 0 Å². The van der Waals surface area contributed by atoms with E-state index in [2.05, 4.69) is 21.3 Å². The lowest BCUT2D eigenvalue weighted by Crippen LogP contribution is -2.46. The highest BCUT2D eigenvalue weighted by atomic mass is 32.1. The molecule has 0 spiro atoms. The van der Waals surface area contributed by atoms with Crippen LogP contribution in [0.2, 0.25) is 0 Å². The normalized spacial score (nSPS) is 15.0. The molecule has 0 fully saturated rings. The van der Waals surface area contributed by atoms with Crippen LogP contribution in [0.5, 0.6) is 0 Å². The molecule has 2 atom stereocenters. The van der Waals surface area contributed by atoms with Gasteiger partial charge < -0.3 is 20.3 Å². The van der Waals surface area contributed by atoms with E-state index in [1.54, 1.807) is 6.92 Å². The topological polar surface area (TPSA) is 66.3 Å². The van der Waals surface area contributed by atoms with Gasteiger partial charge in [0.1, 0.15) is 5.60 Å². The third-order valence-electron chi connectivity index (χ3n) is 3.91. The van der Waals surface area contributed by atoms with E-state index in [1.165, 1.54) is 17.0 Å². The number of carbonyl (C=O) groups excluding carboxylic acids is 1. The fourth-order valence-electron chi connectivity index (χ4n) is 2.39. The highest BCUT2D eigenvalue weighted by Crippen LogP contribution is 2.24. The standard InChI is InChI=1S/C17H25N3O2S/c1-13(8-9-14-6-4-10-20(14)3)19-16(21)18-12-17(2,22)15-7-5-11-23-15/h4-7,10-11,13,22H,8-9,12H2,1-3H3,(H2,18,19,21). The molecule has 2 heterocycles. The summed E-state index contributed by atoms with van der Waals surface area (Å²) >= 11 is 1.48. The maximum atomic E-state index is 12.0. The van der Waals surface area contributed by atoms with Crippen LogP contribution in [0.25, 0.3) is 0 Å². The summed E-state index contributed by atoms with van der Waals surface area (Å²) in [6, 6.07) is 7.68. The summed E-state index contributed by atoms with van der Waals surface area (Å²) in [6.07, 6.45) is 3.80. The Kier molecular flexibility index (Phi) is 5.85. The molecular formula is C17H25N3O2S. The van der Waals surface area contributed by atoms with Crippen LogP contribution in [0.3, 0.4) is 0 Å². The molecule has 126 valence electrons. The molecule has 2 amide bonds. The fourth-order valence-corrected chi connectivity index (χ4v) is 3.18. The minimum Gasteiger partial charge on any atom is -0.383 e. The van der Waals surface area contributed by atoms with E-state index < -0.39 is 5.60 Å². The van der Waals surface area contributed by atoms with E-state index in [1.807, 2.05) is 43.7 Å². The quantitative estimate of drug-likeness (QED) is 0.728.